The van der Waals surface area contributed by atoms with Gasteiger partial charge in [-0.15, -0.1) is 0 Å². The minimum atomic E-state index is -0.478. The molecule has 0 radical (unpaired) electrons. The van der Waals surface area contributed by atoms with E-state index in [4.69, 9.17) is 25.8 Å². The molecule has 0 saturated heterocycles. The summed E-state index contributed by atoms with van der Waals surface area (Å²) in [5.41, 5.74) is 5.77. The number of amides is 1. The first kappa shape index (κ1) is 25.4. The standard InChI is InChI=1S/C31H26ClNO5/c1-36-25-9-6-20(7-10-25)17-33-18-24-15-26(11-12-27(24)30(33)34)38-19-21-4-3-5-22(14-21)23-8-13-29(32)28(16-23)31(35)37-2/h3-16H,17-19H2,1-2H3. The number of fused-ring (bicyclic) bond motifs is 1. The summed E-state index contributed by atoms with van der Waals surface area (Å²) in [6, 6.07) is 26.5. The van der Waals surface area contributed by atoms with Crippen LogP contribution in [0.15, 0.2) is 84.9 Å². The Morgan fingerprint density at radius 3 is 2.39 bits per heavy atom. The molecule has 1 aliphatic heterocycles. The van der Waals surface area contributed by atoms with Crippen LogP contribution in [0.1, 0.15) is 37.4 Å². The number of rotatable bonds is 8. The van der Waals surface area contributed by atoms with E-state index in [9.17, 15) is 9.59 Å². The molecule has 1 amide bonds. The van der Waals surface area contributed by atoms with Crippen LogP contribution in [0, 0.1) is 0 Å². The Kier molecular flexibility index (Phi) is 7.33. The van der Waals surface area contributed by atoms with Crippen molar-refractivity contribution in [2.75, 3.05) is 14.2 Å². The summed E-state index contributed by atoms with van der Waals surface area (Å²) in [5.74, 6) is 1.03. The van der Waals surface area contributed by atoms with E-state index in [1.54, 1.807) is 19.2 Å². The summed E-state index contributed by atoms with van der Waals surface area (Å²) < 4.78 is 16.1. The SMILES string of the molecule is COC(=O)c1cc(-c2cccc(COc3ccc4c(c3)CN(Cc3ccc(OC)cc3)C4=O)c2)ccc1Cl. The summed E-state index contributed by atoms with van der Waals surface area (Å²) in [4.78, 5) is 26.8. The molecule has 1 heterocycles. The molecule has 5 rings (SSSR count). The number of esters is 1. The third-order valence-corrected chi connectivity index (χ3v) is 6.86. The number of carbonyl (C=O) groups excluding carboxylic acids is 2. The lowest BCUT2D eigenvalue weighted by molar-refractivity contribution is 0.0600. The van der Waals surface area contributed by atoms with Crippen molar-refractivity contribution in [3.05, 3.63) is 118 Å². The number of halogens is 1. The fourth-order valence-electron chi connectivity index (χ4n) is 4.50. The van der Waals surface area contributed by atoms with E-state index >= 15 is 0 Å². The van der Waals surface area contributed by atoms with Crippen LogP contribution >= 0.6 is 11.6 Å². The zero-order chi connectivity index (χ0) is 26.6. The Hall–Kier alpha value is -4.29. The molecule has 6 nitrogen and oxygen atoms in total. The third kappa shape index (κ3) is 5.36. The highest BCUT2D eigenvalue weighted by atomic mass is 35.5. The molecule has 0 N–H and O–H groups in total. The maximum atomic E-state index is 12.9. The first-order chi connectivity index (χ1) is 18.4. The molecule has 0 fully saturated rings. The van der Waals surface area contributed by atoms with Gasteiger partial charge in [-0.1, -0.05) is 48.0 Å². The van der Waals surface area contributed by atoms with Gasteiger partial charge in [0.05, 0.1) is 24.8 Å². The van der Waals surface area contributed by atoms with Crippen molar-refractivity contribution >= 4 is 23.5 Å². The zero-order valence-electron chi connectivity index (χ0n) is 21.1. The predicted octanol–water partition coefficient (Wildman–Crippen LogP) is 6.54. The van der Waals surface area contributed by atoms with Crippen molar-refractivity contribution in [1.29, 1.82) is 0 Å². The Labute approximate surface area is 226 Å². The molecule has 7 heteroatoms. The normalized spacial score (nSPS) is 12.3. The number of carbonyl (C=O) groups is 2. The van der Waals surface area contributed by atoms with E-state index in [1.165, 1.54) is 7.11 Å². The maximum absolute atomic E-state index is 12.9. The molecule has 0 spiro atoms. The number of nitrogens with zero attached hydrogens (tertiary/aromatic N) is 1. The van der Waals surface area contributed by atoms with Gasteiger partial charge in [0.1, 0.15) is 18.1 Å². The predicted molar refractivity (Wildman–Crippen MR) is 146 cm³/mol. The van der Waals surface area contributed by atoms with Crippen LogP contribution in [0.2, 0.25) is 5.02 Å². The van der Waals surface area contributed by atoms with Crippen molar-refractivity contribution in [2.45, 2.75) is 19.7 Å². The van der Waals surface area contributed by atoms with Crippen LogP contribution in [0.3, 0.4) is 0 Å². The van der Waals surface area contributed by atoms with Gasteiger partial charge in [-0.25, -0.2) is 4.79 Å². The van der Waals surface area contributed by atoms with E-state index < -0.39 is 5.97 Å². The minimum Gasteiger partial charge on any atom is -0.497 e. The lowest BCUT2D eigenvalue weighted by Gasteiger charge is -2.15. The number of methoxy groups -OCH3 is 2. The van der Waals surface area contributed by atoms with Crippen LogP contribution in [-0.4, -0.2) is 31.0 Å². The smallest absolute Gasteiger partial charge is 0.339 e. The van der Waals surface area contributed by atoms with Crippen LogP contribution in [0.4, 0.5) is 0 Å². The van der Waals surface area contributed by atoms with Gasteiger partial charge in [0.15, 0.2) is 0 Å². The maximum Gasteiger partial charge on any atom is 0.339 e. The second-order valence-electron chi connectivity index (χ2n) is 9.00. The zero-order valence-corrected chi connectivity index (χ0v) is 21.8. The number of benzene rings is 4. The average molecular weight is 528 g/mol. The van der Waals surface area contributed by atoms with Gasteiger partial charge in [-0.2, -0.15) is 0 Å². The minimum absolute atomic E-state index is 0.0179. The molecule has 192 valence electrons. The van der Waals surface area contributed by atoms with Crippen LogP contribution < -0.4 is 9.47 Å². The molecular weight excluding hydrogens is 502 g/mol. The van der Waals surface area contributed by atoms with Crippen LogP contribution in [0.5, 0.6) is 11.5 Å². The molecule has 1 aliphatic rings. The van der Waals surface area contributed by atoms with E-state index in [0.717, 1.165) is 33.6 Å². The summed E-state index contributed by atoms with van der Waals surface area (Å²) in [6.45, 7) is 1.42. The molecule has 0 aliphatic carbocycles. The van der Waals surface area contributed by atoms with Gasteiger partial charge in [0.2, 0.25) is 0 Å². The molecule has 0 atom stereocenters. The fraction of sp³-hybridized carbons (Fsp3) is 0.161. The van der Waals surface area contributed by atoms with E-state index in [2.05, 4.69) is 0 Å². The Balaban J connectivity index is 1.26. The van der Waals surface area contributed by atoms with Crippen molar-refractivity contribution in [3.8, 4) is 22.6 Å². The first-order valence-corrected chi connectivity index (χ1v) is 12.5. The monoisotopic (exact) mass is 527 g/mol. The van der Waals surface area contributed by atoms with Gasteiger partial charge in [0.25, 0.3) is 5.91 Å². The molecule has 0 saturated carbocycles. The van der Waals surface area contributed by atoms with Crippen LogP contribution in [-0.2, 0) is 24.4 Å². The number of hydrogen-bond donors (Lipinski definition) is 0. The van der Waals surface area contributed by atoms with Crippen molar-refractivity contribution in [1.82, 2.24) is 4.90 Å². The van der Waals surface area contributed by atoms with Gasteiger partial charge < -0.3 is 19.1 Å². The third-order valence-electron chi connectivity index (χ3n) is 6.53. The van der Waals surface area contributed by atoms with Gasteiger partial charge >= 0.3 is 5.97 Å². The molecular formula is C31H26ClNO5. The Morgan fingerprint density at radius 2 is 1.63 bits per heavy atom. The van der Waals surface area contributed by atoms with Gasteiger partial charge in [0, 0.05) is 18.7 Å². The highest BCUT2D eigenvalue weighted by molar-refractivity contribution is 6.33. The van der Waals surface area contributed by atoms with E-state index in [0.29, 0.717) is 41.6 Å². The van der Waals surface area contributed by atoms with Gasteiger partial charge in [-0.3, -0.25) is 4.79 Å². The summed E-state index contributed by atoms with van der Waals surface area (Å²) in [6.07, 6.45) is 0. The number of ether oxygens (including phenoxy) is 3. The molecule has 4 aromatic rings. The van der Waals surface area contributed by atoms with E-state index in [-0.39, 0.29) is 5.91 Å². The van der Waals surface area contributed by atoms with Crippen LogP contribution in [0.25, 0.3) is 11.1 Å². The lowest BCUT2D eigenvalue weighted by atomic mass is 10.0. The second-order valence-corrected chi connectivity index (χ2v) is 9.41. The fourth-order valence-corrected chi connectivity index (χ4v) is 4.70. The average Bonchev–Trinajstić information content (AvgIpc) is 3.26. The highest BCUT2D eigenvalue weighted by Crippen LogP contribution is 2.30. The van der Waals surface area contributed by atoms with Crippen molar-refractivity contribution < 1.29 is 23.8 Å². The topological polar surface area (TPSA) is 65.1 Å². The van der Waals surface area contributed by atoms with E-state index in [1.807, 2.05) is 77.7 Å². The first-order valence-electron chi connectivity index (χ1n) is 12.1. The van der Waals surface area contributed by atoms with Crippen molar-refractivity contribution in [2.24, 2.45) is 0 Å². The highest BCUT2D eigenvalue weighted by Gasteiger charge is 2.27. The summed E-state index contributed by atoms with van der Waals surface area (Å²) >= 11 is 6.17. The Bertz CT molecular complexity index is 1500. The second kappa shape index (κ2) is 11.0. The lowest BCUT2D eigenvalue weighted by Crippen LogP contribution is -2.23. The Morgan fingerprint density at radius 1 is 0.868 bits per heavy atom. The number of hydrogen-bond acceptors (Lipinski definition) is 5. The molecule has 0 unspecified atom stereocenters. The molecule has 0 aromatic heterocycles. The molecule has 38 heavy (non-hydrogen) atoms. The summed E-state index contributed by atoms with van der Waals surface area (Å²) in [7, 11) is 2.96. The quantitative estimate of drug-likeness (QED) is 0.243. The summed E-state index contributed by atoms with van der Waals surface area (Å²) in [5, 5.41) is 0.345. The van der Waals surface area contributed by atoms with Gasteiger partial charge in [-0.05, 0) is 76.3 Å². The molecule has 0 bridgehead atoms. The molecule has 4 aromatic carbocycles. The largest absolute Gasteiger partial charge is 0.497 e. The van der Waals surface area contributed by atoms with Crippen molar-refractivity contribution in [3.63, 3.8) is 0 Å².